The molecular formula is C27H25Cl3N4O. The Labute approximate surface area is 219 Å². The van der Waals surface area contributed by atoms with Crippen LogP contribution >= 0.6 is 34.8 Å². The molecule has 0 bridgehead atoms. The summed E-state index contributed by atoms with van der Waals surface area (Å²) in [5.74, 6) is 0.821. The molecule has 1 atom stereocenters. The molecule has 2 heterocycles. The minimum absolute atomic E-state index is 0.0338. The Hall–Kier alpha value is -2.57. The van der Waals surface area contributed by atoms with Crippen LogP contribution in [0.5, 0.6) is 0 Å². The number of imidazole rings is 1. The summed E-state index contributed by atoms with van der Waals surface area (Å²) in [6.07, 6.45) is 1.78. The predicted octanol–water partition coefficient (Wildman–Crippen LogP) is 6.90. The number of hydrogen-bond acceptors (Lipinski definition) is 3. The highest BCUT2D eigenvalue weighted by molar-refractivity contribution is 6.44. The third-order valence-corrected chi connectivity index (χ3v) is 7.51. The first-order chi connectivity index (χ1) is 17.0. The highest BCUT2D eigenvalue weighted by Gasteiger charge is 2.27. The number of aromatic nitrogens is 2. The molecule has 8 heteroatoms. The summed E-state index contributed by atoms with van der Waals surface area (Å²) in [5.41, 5.74) is 3.77. The summed E-state index contributed by atoms with van der Waals surface area (Å²) in [6, 6.07) is 21.4. The number of nitrogens with one attached hydrogen (secondary N) is 1. The number of carbonyl (C=O) groups is 1. The maximum Gasteiger partial charge on any atom is 0.228 e. The molecule has 1 N–H and O–H groups in total. The summed E-state index contributed by atoms with van der Waals surface area (Å²) < 4.78 is 2.26. The van der Waals surface area contributed by atoms with Crippen molar-refractivity contribution in [2.45, 2.75) is 25.9 Å². The van der Waals surface area contributed by atoms with Crippen molar-refractivity contribution in [3.05, 3.63) is 93.2 Å². The van der Waals surface area contributed by atoms with Crippen LogP contribution in [0, 0.1) is 5.92 Å². The quantitative estimate of drug-likeness (QED) is 0.297. The zero-order chi connectivity index (χ0) is 24.4. The highest BCUT2D eigenvalue weighted by atomic mass is 35.5. The van der Waals surface area contributed by atoms with E-state index in [0.29, 0.717) is 35.4 Å². The van der Waals surface area contributed by atoms with Crippen molar-refractivity contribution in [1.29, 1.82) is 0 Å². The molecule has 3 aromatic carbocycles. The van der Waals surface area contributed by atoms with Crippen molar-refractivity contribution >= 4 is 57.4 Å². The zero-order valence-electron chi connectivity index (χ0n) is 19.1. The molecule has 1 amide bonds. The van der Waals surface area contributed by atoms with Crippen molar-refractivity contribution in [3.63, 3.8) is 0 Å². The van der Waals surface area contributed by atoms with Gasteiger partial charge in [0.2, 0.25) is 5.91 Å². The van der Waals surface area contributed by atoms with Crippen LogP contribution in [0.15, 0.2) is 66.7 Å². The van der Waals surface area contributed by atoms with E-state index in [2.05, 4.69) is 20.9 Å². The first kappa shape index (κ1) is 24.1. The lowest BCUT2D eigenvalue weighted by Crippen LogP contribution is -2.40. The molecule has 1 aliphatic heterocycles. The van der Waals surface area contributed by atoms with Crippen LogP contribution in [-0.4, -0.2) is 33.4 Å². The van der Waals surface area contributed by atoms with E-state index in [-0.39, 0.29) is 11.8 Å². The number of anilines is 1. The molecule has 35 heavy (non-hydrogen) atoms. The fourth-order valence-electron chi connectivity index (χ4n) is 4.64. The van der Waals surface area contributed by atoms with E-state index < -0.39 is 0 Å². The SMILES string of the molecule is O=C(Nc1cccc(Cl)c1Cl)[C@H]1CCCN(Cc2nc3ccccc3n2Cc2ccc(Cl)cc2)C1. The van der Waals surface area contributed by atoms with E-state index in [1.165, 1.54) is 0 Å². The highest BCUT2D eigenvalue weighted by Crippen LogP contribution is 2.31. The molecule has 1 fully saturated rings. The Kier molecular flexibility index (Phi) is 7.30. The fraction of sp³-hybridized carbons (Fsp3) is 0.259. The van der Waals surface area contributed by atoms with E-state index in [1.807, 2.05) is 42.5 Å². The maximum absolute atomic E-state index is 13.0. The van der Waals surface area contributed by atoms with Gasteiger partial charge in [0.05, 0.1) is 39.2 Å². The molecule has 0 spiro atoms. The van der Waals surface area contributed by atoms with Gasteiger partial charge in [-0.1, -0.05) is 65.1 Å². The van der Waals surface area contributed by atoms with Crippen LogP contribution in [0.3, 0.4) is 0 Å². The molecule has 5 nitrogen and oxygen atoms in total. The molecule has 0 unspecified atom stereocenters. The number of fused-ring (bicyclic) bond motifs is 1. The van der Waals surface area contributed by atoms with Gasteiger partial charge in [0, 0.05) is 18.1 Å². The summed E-state index contributed by atoms with van der Waals surface area (Å²) in [7, 11) is 0. The van der Waals surface area contributed by atoms with E-state index in [4.69, 9.17) is 39.8 Å². The number of nitrogens with zero attached hydrogens (tertiary/aromatic N) is 3. The summed E-state index contributed by atoms with van der Waals surface area (Å²) in [6.45, 7) is 2.96. The predicted molar refractivity (Wildman–Crippen MR) is 143 cm³/mol. The Morgan fingerprint density at radius 1 is 0.971 bits per heavy atom. The molecule has 0 radical (unpaired) electrons. The van der Waals surface area contributed by atoms with Gasteiger partial charge in [0.15, 0.2) is 0 Å². The largest absolute Gasteiger partial charge is 0.324 e. The van der Waals surface area contributed by atoms with Crippen LogP contribution in [0.25, 0.3) is 11.0 Å². The Morgan fingerprint density at radius 3 is 2.60 bits per heavy atom. The number of carbonyl (C=O) groups excluding carboxylic acids is 1. The van der Waals surface area contributed by atoms with Crippen LogP contribution in [0.1, 0.15) is 24.2 Å². The maximum atomic E-state index is 13.0. The Morgan fingerprint density at radius 2 is 1.77 bits per heavy atom. The number of likely N-dealkylation sites (tertiary alicyclic amines) is 1. The van der Waals surface area contributed by atoms with Gasteiger partial charge in [-0.15, -0.1) is 0 Å². The molecule has 0 aliphatic carbocycles. The molecule has 1 aliphatic rings. The normalized spacial score (nSPS) is 16.5. The standard InChI is InChI=1S/C27H25Cl3N4O/c28-20-12-10-18(11-13-20)15-34-24-9-2-1-7-22(24)31-25(34)17-33-14-4-5-19(16-33)27(35)32-23-8-3-6-21(29)26(23)30/h1-3,6-13,19H,4-5,14-17H2,(H,32,35)/t19-/m0/s1. The molecule has 4 aromatic rings. The van der Waals surface area contributed by atoms with Crippen molar-refractivity contribution in [3.8, 4) is 0 Å². The van der Waals surface area contributed by atoms with Crippen molar-refractivity contribution in [2.24, 2.45) is 5.92 Å². The monoisotopic (exact) mass is 526 g/mol. The summed E-state index contributed by atoms with van der Waals surface area (Å²) in [4.78, 5) is 20.3. The molecule has 5 rings (SSSR count). The average molecular weight is 528 g/mol. The van der Waals surface area contributed by atoms with Gasteiger partial charge in [-0.25, -0.2) is 4.98 Å². The fourth-order valence-corrected chi connectivity index (χ4v) is 5.12. The average Bonchev–Trinajstić information content (AvgIpc) is 3.20. The lowest BCUT2D eigenvalue weighted by molar-refractivity contribution is -0.121. The van der Waals surface area contributed by atoms with E-state index >= 15 is 0 Å². The van der Waals surface area contributed by atoms with Crippen LogP contribution in [0.4, 0.5) is 5.69 Å². The van der Waals surface area contributed by atoms with Gasteiger partial charge in [0.25, 0.3) is 0 Å². The van der Waals surface area contributed by atoms with Gasteiger partial charge in [-0.2, -0.15) is 0 Å². The Balaban J connectivity index is 1.33. The Bertz CT molecular complexity index is 1350. The first-order valence-corrected chi connectivity index (χ1v) is 12.8. The lowest BCUT2D eigenvalue weighted by atomic mass is 9.97. The van der Waals surface area contributed by atoms with Crippen molar-refractivity contribution in [2.75, 3.05) is 18.4 Å². The number of halogens is 3. The van der Waals surface area contributed by atoms with Gasteiger partial charge in [-0.3, -0.25) is 9.69 Å². The number of hydrogen-bond donors (Lipinski definition) is 1. The van der Waals surface area contributed by atoms with Crippen molar-refractivity contribution < 1.29 is 4.79 Å². The molecule has 1 saturated heterocycles. The van der Waals surface area contributed by atoms with E-state index in [9.17, 15) is 4.79 Å². The number of para-hydroxylation sites is 2. The van der Waals surface area contributed by atoms with Gasteiger partial charge < -0.3 is 9.88 Å². The van der Waals surface area contributed by atoms with Crippen LogP contribution < -0.4 is 5.32 Å². The molecule has 0 saturated carbocycles. The minimum Gasteiger partial charge on any atom is -0.324 e. The summed E-state index contributed by atoms with van der Waals surface area (Å²) in [5, 5.41) is 4.48. The van der Waals surface area contributed by atoms with Gasteiger partial charge in [0.1, 0.15) is 5.82 Å². The van der Waals surface area contributed by atoms with Crippen molar-refractivity contribution in [1.82, 2.24) is 14.5 Å². The molecular weight excluding hydrogens is 503 g/mol. The van der Waals surface area contributed by atoms with Crippen LogP contribution in [0.2, 0.25) is 15.1 Å². The van der Waals surface area contributed by atoms with E-state index in [0.717, 1.165) is 46.8 Å². The third kappa shape index (κ3) is 5.49. The lowest BCUT2D eigenvalue weighted by Gasteiger charge is -2.32. The minimum atomic E-state index is -0.132. The molecule has 180 valence electrons. The molecule has 1 aromatic heterocycles. The second kappa shape index (κ2) is 10.6. The van der Waals surface area contributed by atoms with Gasteiger partial charge >= 0.3 is 0 Å². The third-order valence-electron chi connectivity index (χ3n) is 6.44. The second-order valence-corrected chi connectivity index (χ2v) is 10.1. The first-order valence-electron chi connectivity index (χ1n) is 11.6. The summed E-state index contributed by atoms with van der Waals surface area (Å²) >= 11 is 18.5. The number of benzene rings is 3. The smallest absolute Gasteiger partial charge is 0.228 e. The number of piperidine rings is 1. The second-order valence-electron chi connectivity index (χ2n) is 8.89. The van der Waals surface area contributed by atoms with Gasteiger partial charge in [-0.05, 0) is 61.3 Å². The number of rotatable bonds is 6. The van der Waals surface area contributed by atoms with Crippen LogP contribution in [-0.2, 0) is 17.9 Å². The number of amides is 1. The topological polar surface area (TPSA) is 50.2 Å². The zero-order valence-corrected chi connectivity index (χ0v) is 21.3. The van der Waals surface area contributed by atoms with E-state index in [1.54, 1.807) is 18.2 Å².